The van der Waals surface area contributed by atoms with Crippen molar-refractivity contribution in [3.05, 3.63) is 64.8 Å². The second-order valence-electron chi connectivity index (χ2n) is 11.0. The van der Waals surface area contributed by atoms with E-state index >= 15 is 0 Å². The number of allylic oxidation sites excluding steroid dienone is 3. The van der Waals surface area contributed by atoms with Gasteiger partial charge in [0.15, 0.2) is 9.84 Å². The van der Waals surface area contributed by atoms with E-state index in [9.17, 15) is 18.3 Å². The van der Waals surface area contributed by atoms with Crippen molar-refractivity contribution in [1.29, 1.82) is 0 Å². The summed E-state index contributed by atoms with van der Waals surface area (Å²) in [5, 5.41) is 11.8. The number of Topliss-reactive ketones (excluding diaryl/α,β-unsaturated/α-hetero) is 1. The van der Waals surface area contributed by atoms with Crippen LogP contribution in [0.2, 0.25) is 0 Å². The smallest absolute Gasteiger partial charge is 0.175 e. The van der Waals surface area contributed by atoms with Gasteiger partial charge in [-0.05, 0) is 84.4 Å². The number of benzene rings is 1. The van der Waals surface area contributed by atoms with Crippen LogP contribution in [0, 0.1) is 17.3 Å². The third-order valence-corrected chi connectivity index (χ3v) is 10.1. The average Bonchev–Trinajstić information content (AvgIpc) is 2.97. The van der Waals surface area contributed by atoms with Crippen molar-refractivity contribution in [2.24, 2.45) is 17.3 Å². The fraction of sp³-hybridized carbons (Fsp3) is 0.536. The maximum atomic E-state index is 12.2. The second kappa shape index (κ2) is 8.00. The minimum Gasteiger partial charge on any atom is -0.385 e. The first-order valence-corrected chi connectivity index (χ1v) is 14.1. The van der Waals surface area contributed by atoms with Crippen LogP contribution in [0.1, 0.15) is 64.0 Å². The summed E-state index contributed by atoms with van der Waals surface area (Å²) in [6.45, 7) is 8.58. The van der Waals surface area contributed by atoms with Crippen molar-refractivity contribution in [3.8, 4) is 0 Å². The Morgan fingerprint density at radius 3 is 2.56 bits per heavy atom. The Bertz CT molecular complexity index is 1220. The van der Waals surface area contributed by atoms with Crippen LogP contribution in [0.15, 0.2) is 64.1 Å². The van der Waals surface area contributed by atoms with E-state index in [2.05, 4.69) is 19.6 Å². The van der Waals surface area contributed by atoms with Crippen molar-refractivity contribution < 1.29 is 23.1 Å². The van der Waals surface area contributed by atoms with Gasteiger partial charge in [0.05, 0.1) is 17.1 Å². The van der Waals surface area contributed by atoms with E-state index in [0.29, 0.717) is 32.3 Å². The molecule has 0 bridgehead atoms. The van der Waals surface area contributed by atoms with E-state index in [4.69, 9.17) is 4.74 Å². The Labute approximate surface area is 202 Å². The van der Waals surface area contributed by atoms with Gasteiger partial charge in [0.25, 0.3) is 0 Å². The predicted molar refractivity (Wildman–Crippen MR) is 131 cm³/mol. The fourth-order valence-corrected chi connectivity index (χ4v) is 7.70. The molecule has 1 heterocycles. The molecule has 2 unspecified atom stereocenters. The van der Waals surface area contributed by atoms with E-state index < -0.39 is 20.9 Å². The largest absolute Gasteiger partial charge is 0.385 e. The number of rotatable bonds is 3. The molecule has 0 spiro atoms. The molecule has 5 nitrogen and oxygen atoms in total. The molecular weight excluding hydrogens is 448 g/mol. The number of aliphatic hydroxyl groups is 1. The lowest BCUT2D eigenvalue weighted by atomic mass is 9.61. The highest BCUT2D eigenvalue weighted by molar-refractivity contribution is 7.90. The second-order valence-corrected chi connectivity index (χ2v) is 13.0. The Hall–Kier alpha value is -2.02. The van der Waals surface area contributed by atoms with E-state index in [1.807, 2.05) is 19.1 Å². The van der Waals surface area contributed by atoms with Gasteiger partial charge in [-0.15, -0.1) is 0 Å². The minimum atomic E-state index is -3.30. The normalized spacial score (nSPS) is 35.7. The summed E-state index contributed by atoms with van der Waals surface area (Å²) >= 11 is 0. The van der Waals surface area contributed by atoms with Crippen molar-refractivity contribution >= 4 is 15.6 Å². The van der Waals surface area contributed by atoms with Gasteiger partial charge >= 0.3 is 0 Å². The highest BCUT2D eigenvalue weighted by Crippen LogP contribution is 2.62. The zero-order chi connectivity index (χ0) is 24.5. The quantitative estimate of drug-likeness (QED) is 0.621. The lowest BCUT2D eigenvalue weighted by Gasteiger charge is -2.44. The third-order valence-electron chi connectivity index (χ3n) is 9.01. The Morgan fingerprint density at radius 1 is 1.21 bits per heavy atom. The molecule has 3 fully saturated rings. The van der Waals surface area contributed by atoms with Gasteiger partial charge in [0.2, 0.25) is 0 Å². The number of sulfone groups is 1. The van der Waals surface area contributed by atoms with Crippen LogP contribution >= 0.6 is 0 Å². The lowest BCUT2D eigenvalue weighted by Crippen LogP contribution is -2.49. The zero-order valence-corrected chi connectivity index (χ0v) is 21.1. The minimum absolute atomic E-state index is 0.201. The van der Waals surface area contributed by atoms with Crippen molar-refractivity contribution in [3.63, 3.8) is 0 Å². The van der Waals surface area contributed by atoms with Crippen LogP contribution in [0.25, 0.3) is 0 Å². The molecule has 5 rings (SSSR count). The van der Waals surface area contributed by atoms with Crippen LogP contribution in [-0.4, -0.2) is 37.8 Å². The molecule has 0 radical (unpaired) electrons. The molecule has 1 aliphatic heterocycles. The standard InChI is InChI=1S/C28H34O5S/c1-17(2)28(30)14-13-24-23-11-7-19-15-20(29)8-12-22(19)25(23)26(33-16-27(24,28)3)18-5-9-21(10-6-18)34(4,31)32/h5-7,9-10,23-24,26,30H,1,8,11-16H2,2-4H3/t23?,24?,26-,27-,28+/m0/s1. The van der Waals surface area contributed by atoms with Gasteiger partial charge in [-0.1, -0.05) is 31.7 Å². The van der Waals surface area contributed by atoms with Crippen LogP contribution in [0.5, 0.6) is 0 Å². The number of carbonyl (C=O) groups excluding carboxylic acids is 1. The molecule has 1 saturated heterocycles. The highest BCUT2D eigenvalue weighted by Gasteiger charge is 2.61. The van der Waals surface area contributed by atoms with Gasteiger partial charge in [0.1, 0.15) is 11.9 Å². The third kappa shape index (κ3) is 3.49. The summed E-state index contributed by atoms with van der Waals surface area (Å²) in [6, 6.07) is 7.00. The molecule has 1 N–H and O–H groups in total. The Kier molecular flexibility index (Phi) is 5.58. The summed E-state index contributed by atoms with van der Waals surface area (Å²) in [7, 11) is -3.30. The molecule has 182 valence electrons. The molecule has 34 heavy (non-hydrogen) atoms. The monoisotopic (exact) mass is 482 g/mol. The molecule has 5 atom stereocenters. The van der Waals surface area contributed by atoms with Crippen molar-refractivity contribution in [1.82, 2.24) is 0 Å². The number of carbonyl (C=O) groups is 1. The summed E-state index contributed by atoms with van der Waals surface area (Å²) < 4.78 is 30.7. The molecular formula is C28H34O5S. The average molecular weight is 483 g/mol. The van der Waals surface area contributed by atoms with Gasteiger partial charge in [-0.25, -0.2) is 8.42 Å². The molecule has 6 heteroatoms. The SMILES string of the molecule is C=C(C)[C@]1(O)CCC2C3CC=C4CC(=O)CCC4=C3[C@H](c3ccc(S(C)(=O)=O)cc3)OC[C@@]21C. The number of hydrogen-bond acceptors (Lipinski definition) is 5. The van der Waals surface area contributed by atoms with E-state index in [0.717, 1.165) is 29.6 Å². The first-order chi connectivity index (χ1) is 16.0. The fourth-order valence-electron chi connectivity index (χ4n) is 7.07. The molecule has 4 aliphatic rings. The lowest BCUT2D eigenvalue weighted by molar-refractivity contribution is -0.118. The van der Waals surface area contributed by atoms with Crippen LogP contribution in [-0.2, 0) is 19.4 Å². The van der Waals surface area contributed by atoms with Crippen LogP contribution < -0.4 is 0 Å². The molecule has 1 aromatic carbocycles. The molecule has 0 amide bonds. The van der Waals surface area contributed by atoms with Gasteiger partial charge in [0, 0.05) is 24.5 Å². The zero-order valence-electron chi connectivity index (χ0n) is 20.3. The van der Waals surface area contributed by atoms with Gasteiger partial charge in [-0.2, -0.15) is 0 Å². The highest BCUT2D eigenvalue weighted by atomic mass is 32.2. The molecule has 0 aromatic heterocycles. The van der Waals surface area contributed by atoms with E-state index in [1.165, 1.54) is 17.4 Å². The number of ether oxygens (including phenoxy) is 1. The summed E-state index contributed by atoms with van der Waals surface area (Å²) in [4.78, 5) is 12.5. The maximum absolute atomic E-state index is 12.2. The first-order valence-electron chi connectivity index (χ1n) is 12.2. The number of hydrogen-bond donors (Lipinski definition) is 1. The molecule has 1 aromatic rings. The van der Waals surface area contributed by atoms with Crippen LogP contribution in [0.4, 0.5) is 0 Å². The summed E-state index contributed by atoms with van der Waals surface area (Å²) in [5.41, 5.74) is 3.82. The number of fused-ring (bicyclic) bond motifs is 4. The Balaban J connectivity index is 1.65. The predicted octanol–water partition coefficient (Wildman–Crippen LogP) is 4.88. The summed E-state index contributed by atoms with van der Waals surface area (Å²) in [5.74, 6) is 0.708. The topological polar surface area (TPSA) is 80.7 Å². The number of ketones is 1. The van der Waals surface area contributed by atoms with Gasteiger partial charge < -0.3 is 9.84 Å². The first kappa shape index (κ1) is 23.7. The summed E-state index contributed by atoms with van der Waals surface area (Å²) in [6.07, 6.45) is 7.25. The van der Waals surface area contributed by atoms with E-state index in [1.54, 1.807) is 12.1 Å². The maximum Gasteiger partial charge on any atom is 0.175 e. The van der Waals surface area contributed by atoms with Gasteiger partial charge in [-0.3, -0.25) is 4.79 Å². The van der Waals surface area contributed by atoms with Crippen molar-refractivity contribution in [2.45, 2.75) is 69.0 Å². The van der Waals surface area contributed by atoms with Crippen LogP contribution in [0.3, 0.4) is 0 Å². The molecule has 3 aliphatic carbocycles. The molecule has 2 saturated carbocycles. The van der Waals surface area contributed by atoms with E-state index in [-0.39, 0.29) is 28.6 Å². The van der Waals surface area contributed by atoms with Crippen molar-refractivity contribution in [2.75, 3.05) is 12.9 Å². The Morgan fingerprint density at radius 2 is 1.91 bits per heavy atom.